The second-order valence-corrected chi connectivity index (χ2v) is 5.35. The Morgan fingerprint density at radius 1 is 1.29 bits per heavy atom. The molecule has 0 aromatic heterocycles. The Labute approximate surface area is 105 Å². The fourth-order valence-corrected chi connectivity index (χ4v) is 2.73. The van der Waals surface area contributed by atoms with E-state index < -0.39 is 0 Å². The van der Waals surface area contributed by atoms with Crippen LogP contribution in [0.15, 0.2) is 0 Å². The summed E-state index contributed by atoms with van der Waals surface area (Å²) in [4.78, 5) is 2.31. The molecule has 1 saturated heterocycles. The SMILES string of the molecule is CNC1CCC(OCC2CN(C)CCO2)CC1. The van der Waals surface area contributed by atoms with Crippen LogP contribution in [0.25, 0.3) is 0 Å². The predicted octanol–water partition coefficient (Wildman–Crippen LogP) is 0.864. The van der Waals surface area contributed by atoms with E-state index >= 15 is 0 Å². The van der Waals surface area contributed by atoms with E-state index in [1.165, 1.54) is 25.7 Å². The monoisotopic (exact) mass is 242 g/mol. The zero-order valence-corrected chi connectivity index (χ0v) is 11.2. The van der Waals surface area contributed by atoms with E-state index in [-0.39, 0.29) is 6.10 Å². The van der Waals surface area contributed by atoms with Gasteiger partial charge in [0.25, 0.3) is 0 Å². The smallest absolute Gasteiger partial charge is 0.0935 e. The first-order valence-electron chi connectivity index (χ1n) is 6.87. The van der Waals surface area contributed by atoms with Gasteiger partial charge in [0.05, 0.1) is 25.4 Å². The largest absolute Gasteiger partial charge is 0.375 e. The highest BCUT2D eigenvalue weighted by atomic mass is 16.5. The fraction of sp³-hybridized carbons (Fsp3) is 1.00. The summed E-state index contributed by atoms with van der Waals surface area (Å²) in [6.07, 6.45) is 5.59. The van der Waals surface area contributed by atoms with Crippen molar-refractivity contribution >= 4 is 0 Å². The van der Waals surface area contributed by atoms with Crippen LogP contribution in [0.5, 0.6) is 0 Å². The van der Waals surface area contributed by atoms with Gasteiger partial charge in [-0.3, -0.25) is 0 Å². The lowest BCUT2D eigenvalue weighted by Crippen LogP contribution is -2.43. The van der Waals surface area contributed by atoms with Gasteiger partial charge in [-0.15, -0.1) is 0 Å². The predicted molar refractivity (Wildman–Crippen MR) is 68.3 cm³/mol. The third-order valence-electron chi connectivity index (χ3n) is 3.94. The molecule has 1 saturated carbocycles. The minimum absolute atomic E-state index is 0.274. The van der Waals surface area contributed by atoms with Gasteiger partial charge in [0.2, 0.25) is 0 Å². The number of morpholine rings is 1. The molecule has 1 aliphatic heterocycles. The highest BCUT2D eigenvalue weighted by Gasteiger charge is 2.23. The molecule has 0 bridgehead atoms. The van der Waals surface area contributed by atoms with E-state index in [1.54, 1.807) is 0 Å². The maximum Gasteiger partial charge on any atom is 0.0935 e. The van der Waals surface area contributed by atoms with Crippen molar-refractivity contribution < 1.29 is 9.47 Å². The van der Waals surface area contributed by atoms with Crippen LogP contribution < -0.4 is 5.32 Å². The number of nitrogens with one attached hydrogen (secondary N) is 1. The molecule has 100 valence electrons. The molecule has 4 heteroatoms. The van der Waals surface area contributed by atoms with Crippen molar-refractivity contribution in [3.63, 3.8) is 0 Å². The second-order valence-electron chi connectivity index (χ2n) is 5.35. The van der Waals surface area contributed by atoms with Crippen molar-refractivity contribution in [2.24, 2.45) is 0 Å². The maximum atomic E-state index is 5.98. The molecule has 0 radical (unpaired) electrons. The van der Waals surface area contributed by atoms with Gasteiger partial charge < -0.3 is 19.7 Å². The Morgan fingerprint density at radius 3 is 2.71 bits per heavy atom. The van der Waals surface area contributed by atoms with Crippen LogP contribution in [0.4, 0.5) is 0 Å². The second kappa shape index (κ2) is 6.69. The minimum atomic E-state index is 0.274. The fourth-order valence-electron chi connectivity index (χ4n) is 2.73. The molecule has 4 nitrogen and oxygen atoms in total. The average molecular weight is 242 g/mol. The van der Waals surface area contributed by atoms with Crippen LogP contribution in [0.3, 0.4) is 0 Å². The number of hydrogen-bond donors (Lipinski definition) is 1. The van der Waals surface area contributed by atoms with Gasteiger partial charge in [0, 0.05) is 19.1 Å². The van der Waals surface area contributed by atoms with Gasteiger partial charge in [0.1, 0.15) is 0 Å². The average Bonchev–Trinajstić information content (AvgIpc) is 2.37. The first kappa shape index (κ1) is 13.3. The lowest BCUT2D eigenvalue weighted by molar-refractivity contribution is -0.0865. The Balaban J connectivity index is 1.62. The Bertz CT molecular complexity index is 217. The highest BCUT2D eigenvalue weighted by Crippen LogP contribution is 2.21. The van der Waals surface area contributed by atoms with Crippen LogP contribution in [-0.2, 0) is 9.47 Å². The molecule has 0 aromatic rings. The van der Waals surface area contributed by atoms with E-state index in [1.807, 2.05) is 0 Å². The van der Waals surface area contributed by atoms with E-state index in [4.69, 9.17) is 9.47 Å². The standard InChI is InChI=1S/C13H26N2O2/c1-14-11-3-5-12(6-4-11)17-10-13-9-15(2)7-8-16-13/h11-14H,3-10H2,1-2H3. The molecule has 2 fully saturated rings. The number of ether oxygens (including phenoxy) is 2. The summed E-state index contributed by atoms with van der Waals surface area (Å²) in [5.41, 5.74) is 0. The summed E-state index contributed by atoms with van der Waals surface area (Å²) in [6.45, 7) is 3.66. The van der Waals surface area contributed by atoms with Crippen LogP contribution >= 0.6 is 0 Å². The van der Waals surface area contributed by atoms with Crippen molar-refractivity contribution in [2.75, 3.05) is 40.4 Å². The Kier molecular flexibility index (Phi) is 5.22. The van der Waals surface area contributed by atoms with Crippen LogP contribution in [0.2, 0.25) is 0 Å². The third kappa shape index (κ3) is 4.21. The normalized spacial score (nSPS) is 36.0. The molecule has 1 aliphatic carbocycles. The molecule has 1 N–H and O–H groups in total. The molecule has 0 spiro atoms. The molecular formula is C13H26N2O2. The molecule has 2 aliphatic rings. The maximum absolute atomic E-state index is 5.98. The van der Waals surface area contributed by atoms with Crippen molar-refractivity contribution in [3.8, 4) is 0 Å². The third-order valence-corrected chi connectivity index (χ3v) is 3.94. The molecule has 0 aromatic carbocycles. The van der Waals surface area contributed by atoms with Crippen molar-refractivity contribution in [1.82, 2.24) is 10.2 Å². The summed E-state index contributed by atoms with van der Waals surface area (Å²) in [7, 11) is 4.20. The highest BCUT2D eigenvalue weighted by molar-refractivity contribution is 4.77. The quantitative estimate of drug-likeness (QED) is 0.793. The minimum Gasteiger partial charge on any atom is -0.375 e. The van der Waals surface area contributed by atoms with Gasteiger partial charge in [0.15, 0.2) is 0 Å². The first-order chi connectivity index (χ1) is 8.28. The van der Waals surface area contributed by atoms with Gasteiger partial charge in [-0.05, 0) is 39.8 Å². The molecular weight excluding hydrogens is 216 g/mol. The number of rotatable bonds is 4. The summed E-state index contributed by atoms with van der Waals surface area (Å²) in [5, 5.41) is 3.35. The number of likely N-dealkylation sites (N-methyl/N-ethyl adjacent to an activating group) is 1. The first-order valence-corrected chi connectivity index (χ1v) is 6.87. The van der Waals surface area contributed by atoms with Gasteiger partial charge in [-0.2, -0.15) is 0 Å². The summed E-state index contributed by atoms with van der Waals surface area (Å²) >= 11 is 0. The summed E-state index contributed by atoms with van der Waals surface area (Å²) in [5.74, 6) is 0. The Hall–Kier alpha value is -0.160. The van der Waals surface area contributed by atoms with E-state index in [0.29, 0.717) is 12.1 Å². The number of nitrogens with zero attached hydrogens (tertiary/aromatic N) is 1. The van der Waals surface area contributed by atoms with Crippen LogP contribution in [0.1, 0.15) is 25.7 Å². The van der Waals surface area contributed by atoms with Crippen molar-refractivity contribution in [3.05, 3.63) is 0 Å². The van der Waals surface area contributed by atoms with E-state index in [0.717, 1.165) is 26.3 Å². The van der Waals surface area contributed by atoms with E-state index in [2.05, 4.69) is 24.3 Å². The van der Waals surface area contributed by atoms with Gasteiger partial charge in [-0.1, -0.05) is 0 Å². The molecule has 0 amide bonds. The molecule has 1 atom stereocenters. The van der Waals surface area contributed by atoms with Crippen molar-refractivity contribution in [2.45, 2.75) is 43.9 Å². The molecule has 1 heterocycles. The van der Waals surface area contributed by atoms with Crippen molar-refractivity contribution in [1.29, 1.82) is 0 Å². The molecule has 1 unspecified atom stereocenters. The van der Waals surface area contributed by atoms with E-state index in [9.17, 15) is 0 Å². The lowest BCUT2D eigenvalue weighted by atomic mass is 9.93. The Morgan fingerprint density at radius 2 is 2.06 bits per heavy atom. The number of hydrogen-bond acceptors (Lipinski definition) is 4. The zero-order valence-electron chi connectivity index (χ0n) is 11.2. The van der Waals surface area contributed by atoms with Gasteiger partial charge in [-0.25, -0.2) is 0 Å². The molecule has 2 rings (SSSR count). The molecule has 17 heavy (non-hydrogen) atoms. The topological polar surface area (TPSA) is 33.7 Å². The lowest BCUT2D eigenvalue weighted by Gasteiger charge is -2.33. The summed E-state index contributed by atoms with van der Waals surface area (Å²) in [6, 6.07) is 0.701. The van der Waals surface area contributed by atoms with Crippen LogP contribution in [-0.4, -0.2) is 63.5 Å². The van der Waals surface area contributed by atoms with Gasteiger partial charge >= 0.3 is 0 Å². The summed E-state index contributed by atoms with van der Waals surface area (Å²) < 4.78 is 11.7. The zero-order chi connectivity index (χ0) is 12.1. The van der Waals surface area contributed by atoms with Crippen LogP contribution in [0, 0.1) is 0 Å².